The molecule has 2 aliphatic rings. The molecule has 0 atom stereocenters. The van der Waals surface area contributed by atoms with Crippen LogP contribution in [0.15, 0.2) is 0 Å². The maximum absolute atomic E-state index is 3.47. The van der Waals surface area contributed by atoms with Crippen LogP contribution in [0.25, 0.3) is 0 Å². The quantitative estimate of drug-likeness (QED) is 0.654. The van der Waals surface area contributed by atoms with Crippen LogP contribution in [0.5, 0.6) is 0 Å². The van der Waals surface area contributed by atoms with Crippen LogP contribution in [0.4, 0.5) is 0 Å². The number of hydrogen-bond donors (Lipinski definition) is 1. The smallest absolute Gasteiger partial charge is 0.00965 e. The van der Waals surface area contributed by atoms with Gasteiger partial charge in [0, 0.05) is 12.6 Å². The van der Waals surface area contributed by atoms with Gasteiger partial charge in [-0.25, -0.2) is 0 Å². The van der Waals surface area contributed by atoms with E-state index in [2.05, 4.69) is 17.1 Å². The highest BCUT2D eigenvalue weighted by atomic mass is 15.2. The number of unbranched alkanes of at least 4 members (excludes halogenated alkanes) is 3. The van der Waals surface area contributed by atoms with Gasteiger partial charge in [0.25, 0.3) is 0 Å². The summed E-state index contributed by atoms with van der Waals surface area (Å²) >= 11 is 0. The van der Waals surface area contributed by atoms with Gasteiger partial charge in [-0.1, -0.05) is 26.2 Å². The normalized spacial score (nSPS) is 22.2. The molecule has 2 rings (SSSR count). The van der Waals surface area contributed by atoms with E-state index < -0.39 is 0 Å². The third-order valence-electron chi connectivity index (χ3n) is 4.31. The lowest BCUT2D eigenvalue weighted by Crippen LogP contribution is -2.37. The molecule has 0 radical (unpaired) electrons. The standard InChI is InChI=1S/C15H30N2/c1-2-3-4-5-12-17(15-6-7-15)13-14-8-10-16-11-9-14/h14-16H,2-13H2,1H3. The van der Waals surface area contributed by atoms with E-state index >= 15 is 0 Å². The molecular weight excluding hydrogens is 208 g/mol. The van der Waals surface area contributed by atoms with Crippen molar-refractivity contribution >= 4 is 0 Å². The van der Waals surface area contributed by atoms with Crippen molar-refractivity contribution in [2.75, 3.05) is 26.2 Å². The van der Waals surface area contributed by atoms with E-state index in [-0.39, 0.29) is 0 Å². The molecule has 1 aliphatic heterocycles. The maximum Gasteiger partial charge on any atom is 0.00965 e. The molecule has 2 heteroatoms. The van der Waals surface area contributed by atoms with Crippen LogP contribution in [0.2, 0.25) is 0 Å². The highest BCUT2D eigenvalue weighted by Crippen LogP contribution is 2.29. The highest BCUT2D eigenvalue weighted by Gasteiger charge is 2.30. The average Bonchev–Trinajstić information content (AvgIpc) is 3.19. The van der Waals surface area contributed by atoms with Gasteiger partial charge in [-0.15, -0.1) is 0 Å². The molecule has 1 N–H and O–H groups in total. The fourth-order valence-corrected chi connectivity index (χ4v) is 3.00. The van der Waals surface area contributed by atoms with Crippen molar-refractivity contribution in [2.45, 2.75) is 64.3 Å². The average molecular weight is 238 g/mol. The number of rotatable bonds is 8. The summed E-state index contributed by atoms with van der Waals surface area (Å²) < 4.78 is 0. The first kappa shape index (κ1) is 13.4. The van der Waals surface area contributed by atoms with Crippen molar-refractivity contribution in [1.29, 1.82) is 0 Å². The van der Waals surface area contributed by atoms with Crippen LogP contribution in [-0.4, -0.2) is 37.1 Å². The SMILES string of the molecule is CCCCCCN(CC1CCNCC1)C1CC1. The molecule has 2 nitrogen and oxygen atoms in total. The van der Waals surface area contributed by atoms with E-state index in [1.807, 2.05) is 0 Å². The van der Waals surface area contributed by atoms with E-state index in [1.165, 1.54) is 77.5 Å². The molecule has 0 unspecified atom stereocenters. The lowest BCUT2D eigenvalue weighted by atomic mass is 9.97. The summed E-state index contributed by atoms with van der Waals surface area (Å²) in [5.74, 6) is 0.975. The van der Waals surface area contributed by atoms with Gasteiger partial charge in [0.15, 0.2) is 0 Å². The highest BCUT2D eigenvalue weighted by molar-refractivity contribution is 4.86. The van der Waals surface area contributed by atoms with Crippen LogP contribution in [0, 0.1) is 5.92 Å². The van der Waals surface area contributed by atoms with E-state index in [1.54, 1.807) is 0 Å². The molecule has 0 amide bonds. The van der Waals surface area contributed by atoms with Crippen molar-refractivity contribution in [2.24, 2.45) is 5.92 Å². The molecule has 0 spiro atoms. The molecule has 0 bridgehead atoms. The van der Waals surface area contributed by atoms with Gasteiger partial charge in [-0.3, -0.25) is 0 Å². The van der Waals surface area contributed by atoms with Crippen molar-refractivity contribution in [1.82, 2.24) is 10.2 Å². The summed E-state index contributed by atoms with van der Waals surface area (Å²) in [6.07, 6.45) is 11.4. The third-order valence-corrected chi connectivity index (χ3v) is 4.31. The molecule has 17 heavy (non-hydrogen) atoms. The minimum absolute atomic E-state index is 0.964. The Morgan fingerprint density at radius 1 is 1.00 bits per heavy atom. The van der Waals surface area contributed by atoms with Gasteiger partial charge in [0.05, 0.1) is 0 Å². The predicted molar refractivity (Wildman–Crippen MR) is 74.3 cm³/mol. The summed E-state index contributed by atoms with van der Waals surface area (Å²) in [6.45, 7) is 7.55. The molecule has 1 saturated heterocycles. The Labute approximate surface area is 107 Å². The molecule has 0 aromatic rings. The Kier molecular flexibility index (Phi) is 5.79. The molecule has 100 valence electrons. The first-order valence-corrected chi connectivity index (χ1v) is 7.85. The Hall–Kier alpha value is -0.0800. The largest absolute Gasteiger partial charge is 0.317 e. The fourth-order valence-electron chi connectivity index (χ4n) is 3.00. The van der Waals surface area contributed by atoms with Crippen LogP contribution >= 0.6 is 0 Å². The Morgan fingerprint density at radius 3 is 2.41 bits per heavy atom. The minimum atomic E-state index is 0.964. The van der Waals surface area contributed by atoms with Crippen molar-refractivity contribution in [3.8, 4) is 0 Å². The van der Waals surface area contributed by atoms with Crippen molar-refractivity contribution < 1.29 is 0 Å². The molecule has 2 fully saturated rings. The first-order valence-electron chi connectivity index (χ1n) is 7.85. The minimum Gasteiger partial charge on any atom is -0.317 e. The molecule has 0 aromatic carbocycles. The lowest BCUT2D eigenvalue weighted by molar-refractivity contribution is 0.194. The molecule has 1 saturated carbocycles. The zero-order valence-electron chi connectivity index (χ0n) is 11.6. The molecule has 1 aliphatic carbocycles. The summed E-state index contributed by atoms with van der Waals surface area (Å²) in [5, 5.41) is 3.47. The molecular formula is C15H30N2. The van der Waals surface area contributed by atoms with E-state index in [0.29, 0.717) is 0 Å². The van der Waals surface area contributed by atoms with Crippen LogP contribution in [-0.2, 0) is 0 Å². The monoisotopic (exact) mass is 238 g/mol. The van der Waals surface area contributed by atoms with Crippen LogP contribution in [0.3, 0.4) is 0 Å². The van der Waals surface area contributed by atoms with Gasteiger partial charge >= 0.3 is 0 Å². The van der Waals surface area contributed by atoms with Gasteiger partial charge in [-0.05, 0) is 57.7 Å². The predicted octanol–water partition coefficient (Wildman–Crippen LogP) is 3.03. The second-order valence-corrected chi connectivity index (χ2v) is 5.98. The zero-order chi connectivity index (χ0) is 11.9. The maximum atomic E-state index is 3.47. The summed E-state index contributed by atoms with van der Waals surface area (Å²) in [7, 11) is 0. The topological polar surface area (TPSA) is 15.3 Å². The van der Waals surface area contributed by atoms with Gasteiger partial charge in [-0.2, -0.15) is 0 Å². The first-order chi connectivity index (χ1) is 8.40. The van der Waals surface area contributed by atoms with E-state index in [9.17, 15) is 0 Å². The summed E-state index contributed by atoms with van der Waals surface area (Å²) in [4.78, 5) is 2.81. The van der Waals surface area contributed by atoms with Gasteiger partial charge in [0.2, 0.25) is 0 Å². The molecule has 1 heterocycles. The number of hydrogen-bond acceptors (Lipinski definition) is 2. The van der Waals surface area contributed by atoms with Crippen LogP contribution < -0.4 is 5.32 Å². The van der Waals surface area contributed by atoms with Crippen LogP contribution in [0.1, 0.15) is 58.3 Å². The third kappa shape index (κ3) is 4.97. The Morgan fingerprint density at radius 2 is 1.76 bits per heavy atom. The second kappa shape index (κ2) is 7.38. The van der Waals surface area contributed by atoms with Crippen molar-refractivity contribution in [3.63, 3.8) is 0 Å². The fraction of sp³-hybridized carbons (Fsp3) is 1.00. The zero-order valence-corrected chi connectivity index (χ0v) is 11.6. The van der Waals surface area contributed by atoms with Crippen molar-refractivity contribution in [3.05, 3.63) is 0 Å². The number of nitrogens with one attached hydrogen (secondary N) is 1. The van der Waals surface area contributed by atoms with E-state index in [4.69, 9.17) is 0 Å². The Bertz CT molecular complexity index is 195. The van der Waals surface area contributed by atoms with E-state index in [0.717, 1.165) is 12.0 Å². The van der Waals surface area contributed by atoms with Gasteiger partial charge < -0.3 is 10.2 Å². The number of piperidine rings is 1. The summed E-state index contributed by atoms with van der Waals surface area (Å²) in [5.41, 5.74) is 0. The summed E-state index contributed by atoms with van der Waals surface area (Å²) in [6, 6.07) is 0.964. The lowest BCUT2D eigenvalue weighted by Gasteiger charge is -2.30. The molecule has 0 aromatic heterocycles. The number of nitrogens with zero attached hydrogens (tertiary/aromatic N) is 1. The van der Waals surface area contributed by atoms with Gasteiger partial charge in [0.1, 0.15) is 0 Å². The second-order valence-electron chi connectivity index (χ2n) is 5.98. The Balaban J connectivity index is 1.65.